The number of hydrogen-bond donors (Lipinski definition) is 1. The van der Waals surface area contributed by atoms with Gasteiger partial charge in [0, 0.05) is 23.1 Å². The molecule has 4 rings (SSSR count). The quantitative estimate of drug-likeness (QED) is 0.689. The number of carbonyl (C=O) groups is 2. The van der Waals surface area contributed by atoms with Crippen molar-refractivity contribution < 1.29 is 18.0 Å². The van der Waals surface area contributed by atoms with E-state index in [0.29, 0.717) is 22.0 Å². The minimum atomic E-state index is -3.90. The van der Waals surface area contributed by atoms with Crippen molar-refractivity contribution in [2.45, 2.75) is 18.7 Å². The van der Waals surface area contributed by atoms with Gasteiger partial charge < -0.3 is 0 Å². The van der Waals surface area contributed by atoms with Crippen LogP contribution < -0.4 is 9.62 Å². The summed E-state index contributed by atoms with van der Waals surface area (Å²) in [4.78, 5) is 24.5. The van der Waals surface area contributed by atoms with Crippen molar-refractivity contribution in [3.63, 3.8) is 0 Å². The number of rotatable bonds is 4. The van der Waals surface area contributed by atoms with Gasteiger partial charge >= 0.3 is 0 Å². The predicted octanol–water partition coefficient (Wildman–Crippen LogP) is 3.25. The zero-order valence-electron chi connectivity index (χ0n) is 15.4. The van der Waals surface area contributed by atoms with Gasteiger partial charge in [0.1, 0.15) is 0 Å². The second kappa shape index (κ2) is 6.45. The highest BCUT2D eigenvalue weighted by Gasteiger charge is 2.30. The molecule has 1 aliphatic heterocycles. The van der Waals surface area contributed by atoms with Crippen LogP contribution >= 0.6 is 0 Å². The van der Waals surface area contributed by atoms with Crippen molar-refractivity contribution in [1.29, 1.82) is 0 Å². The van der Waals surface area contributed by atoms with Crippen molar-refractivity contribution in [1.82, 2.24) is 5.32 Å². The van der Waals surface area contributed by atoms with E-state index >= 15 is 0 Å². The normalized spacial score (nSPS) is 13.5. The topological polar surface area (TPSA) is 83.6 Å². The van der Waals surface area contributed by atoms with Gasteiger partial charge in [0.05, 0.1) is 10.6 Å². The molecule has 7 heteroatoms. The molecule has 0 saturated heterocycles. The van der Waals surface area contributed by atoms with Crippen LogP contribution in [0.1, 0.15) is 33.2 Å². The minimum Gasteiger partial charge on any atom is -0.288 e. The molecular formula is C21H18N2O4S. The second-order valence-corrected chi connectivity index (χ2v) is 8.53. The lowest BCUT2D eigenvalue weighted by molar-refractivity contribution is 0.0845. The summed E-state index contributed by atoms with van der Waals surface area (Å²) in [6, 6.07) is 15.1. The Hall–Kier alpha value is -3.19. The summed E-state index contributed by atoms with van der Waals surface area (Å²) in [5.74, 6) is -1.07. The van der Waals surface area contributed by atoms with Crippen LogP contribution in [0.3, 0.4) is 0 Å². The van der Waals surface area contributed by atoms with E-state index in [1.54, 1.807) is 43.3 Å². The van der Waals surface area contributed by atoms with E-state index in [-0.39, 0.29) is 17.0 Å². The third-order valence-electron chi connectivity index (χ3n) is 4.83. The fourth-order valence-electron chi connectivity index (χ4n) is 3.56. The summed E-state index contributed by atoms with van der Waals surface area (Å²) < 4.78 is 28.1. The van der Waals surface area contributed by atoms with Crippen LogP contribution in [0.15, 0.2) is 59.5 Å². The fraction of sp³-hybridized carbons (Fsp3) is 0.143. The summed E-state index contributed by atoms with van der Waals surface area (Å²) >= 11 is 0. The van der Waals surface area contributed by atoms with Crippen LogP contribution in [0.25, 0.3) is 10.8 Å². The molecule has 2 amide bonds. The Morgan fingerprint density at radius 3 is 2.36 bits per heavy atom. The molecule has 0 fully saturated rings. The number of carbonyl (C=O) groups excluding carboxylic acids is 2. The molecule has 3 aromatic carbocycles. The summed E-state index contributed by atoms with van der Waals surface area (Å²) in [5.41, 5.74) is 2.06. The first-order valence-electron chi connectivity index (χ1n) is 8.85. The van der Waals surface area contributed by atoms with Gasteiger partial charge in [-0.1, -0.05) is 24.3 Å². The van der Waals surface area contributed by atoms with E-state index < -0.39 is 21.8 Å². The van der Waals surface area contributed by atoms with Gasteiger partial charge in [0.25, 0.3) is 21.8 Å². The molecule has 1 N–H and O–H groups in total. The number of imide groups is 1. The molecule has 0 spiro atoms. The molecule has 0 aliphatic carbocycles. The zero-order chi connectivity index (χ0) is 20.1. The molecule has 1 heterocycles. The van der Waals surface area contributed by atoms with E-state index in [1.165, 1.54) is 16.4 Å². The third-order valence-corrected chi connectivity index (χ3v) is 6.71. The molecule has 0 saturated carbocycles. The van der Waals surface area contributed by atoms with Crippen LogP contribution in [0.4, 0.5) is 5.69 Å². The Labute approximate surface area is 162 Å². The van der Waals surface area contributed by atoms with Gasteiger partial charge in [-0.05, 0) is 55.1 Å². The molecule has 3 aromatic rings. The highest BCUT2D eigenvalue weighted by molar-refractivity contribution is 7.92. The van der Waals surface area contributed by atoms with E-state index in [1.807, 2.05) is 13.0 Å². The minimum absolute atomic E-state index is 0.0139. The molecule has 6 nitrogen and oxygen atoms in total. The van der Waals surface area contributed by atoms with Crippen LogP contribution in [0.2, 0.25) is 0 Å². The molecule has 0 radical (unpaired) electrons. The smallest absolute Gasteiger partial charge is 0.264 e. The van der Waals surface area contributed by atoms with Gasteiger partial charge in [-0.2, -0.15) is 0 Å². The average molecular weight is 394 g/mol. The lowest BCUT2D eigenvalue weighted by Gasteiger charge is -2.24. The molecule has 0 atom stereocenters. The molecule has 0 unspecified atom stereocenters. The summed E-state index contributed by atoms with van der Waals surface area (Å²) in [6.07, 6.45) is 0. The van der Waals surface area contributed by atoms with Gasteiger partial charge in [0.2, 0.25) is 0 Å². The monoisotopic (exact) mass is 394 g/mol. The summed E-state index contributed by atoms with van der Waals surface area (Å²) in [7, 11) is -3.90. The van der Waals surface area contributed by atoms with Gasteiger partial charge in [-0.15, -0.1) is 0 Å². The van der Waals surface area contributed by atoms with Crippen molar-refractivity contribution in [3.05, 3.63) is 71.3 Å². The number of hydrogen-bond acceptors (Lipinski definition) is 4. The number of benzene rings is 3. The second-order valence-electron chi connectivity index (χ2n) is 6.67. The maximum Gasteiger partial charge on any atom is 0.264 e. The lowest BCUT2D eigenvalue weighted by Crippen LogP contribution is -2.35. The van der Waals surface area contributed by atoms with Crippen molar-refractivity contribution in [2.24, 2.45) is 0 Å². The van der Waals surface area contributed by atoms with Crippen LogP contribution in [-0.2, 0) is 10.0 Å². The fourth-order valence-corrected chi connectivity index (χ4v) is 5.09. The number of anilines is 1. The highest BCUT2D eigenvalue weighted by atomic mass is 32.2. The molecular weight excluding hydrogens is 376 g/mol. The molecule has 0 bridgehead atoms. The Bertz CT molecular complexity index is 1250. The molecule has 142 valence electrons. The molecule has 1 aliphatic rings. The first-order chi connectivity index (χ1) is 13.3. The Kier molecular flexibility index (Phi) is 4.19. The number of nitrogens with one attached hydrogen (secondary N) is 1. The summed E-state index contributed by atoms with van der Waals surface area (Å²) in [5, 5.41) is 3.29. The zero-order valence-corrected chi connectivity index (χ0v) is 16.2. The average Bonchev–Trinajstić information content (AvgIpc) is 2.66. The largest absolute Gasteiger partial charge is 0.288 e. The number of aryl methyl sites for hydroxylation is 1. The standard InChI is InChI=1S/C21H18N2O4S/c1-3-23(15-8-4-6-13(2)10-15)28(26,27)16-11-14-7-5-9-17-19(14)18(12-16)21(25)22-20(17)24/h4-12H,3H2,1-2H3,(H,22,24,25). The lowest BCUT2D eigenvalue weighted by atomic mass is 9.95. The van der Waals surface area contributed by atoms with Gasteiger partial charge in [0.15, 0.2) is 0 Å². The Balaban J connectivity index is 1.94. The van der Waals surface area contributed by atoms with Crippen molar-refractivity contribution in [3.8, 4) is 0 Å². The Morgan fingerprint density at radius 1 is 0.929 bits per heavy atom. The maximum atomic E-state index is 13.4. The van der Waals surface area contributed by atoms with E-state index in [2.05, 4.69) is 5.32 Å². The van der Waals surface area contributed by atoms with Crippen molar-refractivity contribution in [2.75, 3.05) is 10.8 Å². The van der Waals surface area contributed by atoms with E-state index in [9.17, 15) is 18.0 Å². The number of sulfonamides is 1. The van der Waals surface area contributed by atoms with E-state index in [4.69, 9.17) is 0 Å². The van der Waals surface area contributed by atoms with E-state index in [0.717, 1.165) is 5.56 Å². The van der Waals surface area contributed by atoms with Crippen LogP contribution in [0.5, 0.6) is 0 Å². The Morgan fingerprint density at radius 2 is 1.64 bits per heavy atom. The summed E-state index contributed by atoms with van der Waals surface area (Å²) in [6.45, 7) is 3.89. The number of nitrogens with zero attached hydrogens (tertiary/aromatic N) is 1. The van der Waals surface area contributed by atoms with Crippen LogP contribution in [0, 0.1) is 6.92 Å². The number of amides is 2. The first kappa shape index (κ1) is 18.2. The highest BCUT2D eigenvalue weighted by Crippen LogP contribution is 2.32. The molecule has 28 heavy (non-hydrogen) atoms. The van der Waals surface area contributed by atoms with Gasteiger partial charge in [-0.3, -0.25) is 19.2 Å². The van der Waals surface area contributed by atoms with Crippen molar-refractivity contribution >= 4 is 38.3 Å². The maximum absolute atomic E-state index is 13.4. The first-order valence-corrected chi connectivity index (χ1v) is 10.3. The predicted molar refractivity (Wildman–Crippen MR) is 107 cm³/mol. The third kappa shape index (κ3) is 2.75. The van der Waals surface area contributed by atoms with Crippen LogP contribution in [-0.4, -0.2) is 26.8 Å². The molecule has 0 aromatic heterocycles. The SMILES string of the molecule is CCN(c1cccc(C)c1)S(=O)(=O)c1cc2c3c(cccc3c1)C(=O)NC2=O. The van der Waals surface area contributed by atoms with Gasteiger partial charge in [-0.25, -0.2) is 8.42 Å².